The van der Waals surface area contributed by atoms with E-state index in [-0.39, 0.29) is 16.0 Å². The quantitative estimate of drug-likeness (QED) is 0.437. The molecule has 6 nitrogen and oxygen atoms in total. The van der Waals surface area contributed by atoms with E-state index in [1.807, 2.05) is 6.92 Å². The molecule has 0 heterocycles. The molecule has 0 unspecified atom stereocenters. The summed E-state index contributed by atoms with van der Waals surface area (Å²) in [6, 6.07) is 15.8. The molecule has 0 fully saturated rings. The number of ketones is 1. The van der Waals surface area contributed by atoms with Crippen LogP contribution in [0.25, 0.3) is 0 Å². The minimum Gasteiger partial charge on any atom is -0.454 e. The number of Topliss-reactive ketones (excluding diaryl/α,β-unsaturated/α-hetero) is 1. The van der Waals surface area contributed by atoms with Gasteiger partial charge in [-0.3, -0.25) is 9.52 Å². The van der Waals surface area contributed by atoms with E-state index in [9.17, 15) is 22.4 Å². The van der Waals surface area contributed by atoms with Crippen LogP contribution < -0.4 is 4.72 Å². The first-order chi connectivity index (χ1) is 14.7. The molecule has 31 heavy (non-hydrogen) atoms. The number of rotatable bonds is 7. The molecule has 0 saturated carbocycles. The first kappa shape index (κ1) is 22.2. The minimum atomic E-state index is -3.95. The summed E-state index contributed by atoms with van der Waals surface area (Å²) in [5.41, 5.74) is 2.01. The Bertz CT molecular complexity index is 1220. The van der Waals surface area contributed by atoms with Crippen LogP contribution in [-0.2, 0) is 14.8 Å². The summed E-state index contributed by atoms with van der Waals surface area (Å²) in [5.74, 6) is -1.84. The summed E-state index contributed by atoms with van der Waals surface area (Å²) in [7, 11) is -3.95. The zero-order valence-corrected chi connectivity index (χ0v) is 17.7. The van der Waals surface area contributed by atoms with Gasteiger partial charge >= 0.3 is 5.97 Å². The Morgan fingerprint density at radius 3 is 2.16 bits per heavy atom. The molecule has 0 atom stereocenters. The Balaban J connectivity index is 1.74. The standard InChI is InChI=1S/C23H20FNO5S/c1-15-3-11-20(12-4-15)25-31(28,29)22-13-18(6-5-16(22)2)23(27)30-14-21(26)17-7-9-19(24)10-8-17/h3-13,25H,14H2,1-2H3. The zero-order chi connectivity index (χ0) is 22.6. The van der Waals surface area contributed by atoms with Crippen molar-refractivity contribution < 1.29 is 27.1 Å². The average molecular weight is 441 g/mol. The maximum absolute atomic E-state index is 13.0. The number of halogens is 1. The van der Waals surface area contributed by atoms with Crippen LogP contribution in [0.4, 0.5) is 10.1 Å². The summed E-state index contributed by atoms with van der Waals surface area (Å²) in [6.45, 7) is 2.94. The van der Waals surface area contributed by atoms with Gasteiger partial charge in [-0.05, 0) is 67.9 Å². The van der Waals surface area contributed by atoms with Crippen LogP contribution in [0.1, 0.15) is 31.8 Å². The van der Waals surface area contributed by atoms with Crippen molar-refractivity contribution in [2.75, 3.05) is 11.3 Å². The van der Waals surface area contributed by atoms with Crippen molar-refractivity contribution in [2.24, 2.45) is 0 Å². The fourth-order valence-corrected chi connectivity index (χ4v) is 4.11. The number of sulfonamides is 1. The van der Waals surface area contributed by atoms with Gasteiger partial charge in [0.05, 0.1) is 10.5 Å². The van der Waals surface area contributed by atoms with Gasteiger partial charge in [-0.25, -0.2) is 17.6 Å². The highest BCUT2D eigenvalue weighted by Crippen LogP contribution is 2.21. The molecule has 0 bridgehead atoms. The average Bonchev–Trinajstić information content (AvgIpc) is 2.74. The number of nitrogens with one attached hydrogen (secondary N) is 1. The summed E-state index contributed by atoms with van der Waals surface area (Å²) in [5, 5.41) is 0. The first-order valence-corrected chi connectivity index (χ1v) is 10.8. The highest BCUT2D eigenvalue weighted by molar-refractivity contribution is 7.92. The molecule has 0 amide bonds. The van der Waals surface area contributed by atoms with Crippen LogP contribution in [0.5, 0.6) is 0 Å². The van der Waals surface area contributed by atoms with Crippen molar-refractivity contribution >= 4 is 27.5 Å². The Hall–Kier alpha value is -3.52. The molecule has 0 spiro atoms. The highest BCUT2D eigenvalue weighted by atomic mass is 32.2. The molecule has 0 saturated heterocycles. The molecule has 0 aliphatic heterocycles. The molecular formula is C23H20FNO5S. The lowest BCUT2D eigenvalue weighted by molar-refractivity contribution is 0.0474. The number of esters is 1. The van der Waals surface area contributed by atoms with E-state index in [4.69, 9.17) is 4.74 Å². The van der Waals surface area contributed by atoms with E-state index in [2.05, 4.69) is 4.72 Å². The molecule has 0 aliphatic rings. The topological polar surface area (TPSA) is 89.5 Å². The molecule has 8 heteroatoms. The Morgan fingerprint density at radius 2 is 1.52 bits per heavy atom. The monoisotopic (exact) mass is 441 g/mol. The Kier molecular flexibility index (Phi) is 6.50. The molecule has 3 aromatic rings. The van der Waals surface area contributed by atoms with Gasteiger partial charge in [0.1, 0.15) is 5.82 Å². The Labute approximate surface area is 179 Å². The SMILES string of the molecule is Cc1ccc(NS(=O)(=O)c2cc(C(=O)OCC(=O)c3ccc(F)cc3)ccc2C)cc1. The molecule has 160 valence electrons. The molecule has 1 N–H and O–H groups in total. The lowest BCUT2D eigenvalue weighted by Crippen LogP contribution is -2.17. The molecular weight excluding hydrogens is 421 g/mol. The van der Waals surface area contributed by atoms with Gasteiger partial charge < -0.3 is 4.74 Å². The van der Waals surface area contributed by atoms with Gasteiger partial charge in [0.15, 0.2) is 12.4 Å². The first-order valence-electron chi connectivity index (χ1n) is 9.32. The summed E-state index contributed by atoms with van der Waals surface area (Å²) >= 11 is 0. The molecule has 0 radical (unpaired) electrons. The molecule has 0 aromatic heterocycles. The van der Waals surface area contributed by atoms with Crippen LogP contribution >= 0.6 is 0 Å². The van der Waals surface area contributed by atoms with Gasteiger partial charge in [-0.2, -0.15) is 0 Å². The normalized spacial score (nSPS) is 11.1. The van der Waals surface area contributed by atoms with Gasteiger partial charge in [0.25, 0.3) is 10.0 Å². The maximum Gasteiger partial charge on any atom is 0.338 e. The summed E-state index contributed by atoms with van der Waals surface area (Å²) < 4.78 is 46.1. The minimum absolute atomic E-state index is 0.0122. The van der Waals surface area contributed by atoms with Crippen molar-refractivity contribution in [3.63, 3.8) is 0 Å². The number of hydrogen-bond acceptors (Lipinski definition) is 5. The third-order valence-electron chi connectivity index (χ3n) is 4.52. The van der Waals surface area contributed by atoms with E-state index < -0.39 is 34.2 Å². The number of carbonyl (C=O) groups is 2. The summed E-state index contributed by atoms with van der Waals surface area (Å²) in [6.07, 6.45) is 0. The molecule has 0 aliphatic carbocycles. The van der Waals surface area contributed by atoms with E-state index in [1.54, 1.807) is 31.2 Å². The van der Waals surface area contributed by atoms with E-state index in [0.29, 0.717) is 11.3 Å². The lowest BCUT2D eigenvalue weighted by atomic mass is 10.1. The fourth-order valence-electron chi connectivity index (χ4n) is 2.78. The molecule has 3 rings (SSSR count). The largest absolute Gasteiger partial charge is 0.454 e. The lowest BCUT2D eigenvalue weighted by Gasteiger charge is -2.12. The van der Waals surface area contributed by atoms with Crippen LogP contribution in [0, 0.1) is 19.7 Å². The zero-order valence-electron chi connectivity index (χ0n) is 16.9. The van der Waals surface area contributed by atoms with Gasteiger partial charge in [0, 0.05) is 11.3 Å². The van der Waals surface area contributed by atoms with Gasteiger partial charge in [-0.1, -0.05) is 23.8 Å². The van der Waals surface area contributed by atoms with Crippen LogP contribution in [0.3, 0.4) is 0 Å². The number of aryl methyl sites for hydroxylation is 2. The number of hydrogen-bond donors (Lipinski definition) is 1. The van der Waals surface area contributed by atoms with Crippen molar-refractivity contribution in [2.45, 2.75) is 18.7 Å². The second-order valence-corrected chi connectivity index (χ2v) is 8.61. The van der Waals surface area contributed by atoms with Crippen molar-refractivity contribution in [1.29, 1.82) is 0 Å². The predicted octanol–water partition coefficient (Wildman–Crippen LogP) is 4.28. The molecule has 3 aromatic carbocycles. The van der Waals surface area contributed by atoms with Gasteiger partial charge in [0.2, 0.25) is 0 Å². The number of ether oxygens (including phenoxy) is 1. The van der Waals surface area contributed by atoms with Crippen LogP contribution in [0.15, 0.2) is 71.6 Å². The van der Waals surface area contributed by atoms with E-state index in [1.165, 1.54) is 30.3 Å². The van der Waals surface area contributed by atoms with E-state index in [0.717, 1.165) is 17.7 Å². The fraction of sp³-hybridized carbons (Fsp3) is 0.130. The van der Waals surface area contributed by atoms with Crippen molar-refractivity contribution in [3.05, 3.63) is 94.8 Å². The third kappa shape index (κ3) is 5.55. The van der Waals surface area contributed by atoms with Gasteiger partial charge in [-0.15, -0.1) is 0 Å². The predicted molar refractivity (Wildman–Crippen MR) is 114 cm³/mol. The second-order valence-electron chi connectivity index (χ2n) is 6.96. The third-order valence-corrected chi connectivity index (χ3v) is 6.04. The number of anilines is 1. The summed E-state index contributed by atoms with van der Waals surface area (Å²) in [4.78, 5) is 24.4. The highest BCUT2D eigenvalue weighted by Gasteiger charge is 2.20. The number of carbonyl (C=O) groups excluding carboxylic acids is 2. The maximum atomic E-state index is 13.0. The number of benzene rings is 3. The Morgan fingerprint density at radius 1 is 0.903 bits per heavy atom. The van der Waals surface area contributed by atoms with Crippen molar-refractivity contribution in [1.82, 2.24) is 0 Å². The van der Waals surface area contributed by atoms with Crippen LogP contribution in [0.2, 0.25) is 0 Å². The van der Waals surface area contributed by atoms with Crippen LogP contribution in [-0.4, -0.2) is 26.8 Å². The van der Waals surface area contributed by atoms with E-state index >= 15 is 0 Å². The smallest absolute Gasteiger partial charge is 0.338 e. The second kappa shape index (κ2) is 9.09. The van der Waals surface area contributed by atoms with Crippen molar-refractivity contribution in [3.8, 4) is 0 Å².